The van der Waals surface area contributed by atoms with Gasteiger partial charge in [0.2, 0.25) is 0 Å². The third kappa shape index (κ3) is 6.00. The number of methoxy groups -OCH3 is 1. The molecule has 1 aliphatic rings. The number of carbonyl (C=O) groups excluding carboxylic acids is 1. The van der Waals surface area contributed by atoms with Gasteiger partial charge in [-0.3, -0.25) is 4.79 Å². The van der Waals surface area contributed by atoms with Crippen LogP contribution in [0.25, 0.3) is 16.5 Å². The van der Waals surface area contributed by atoms with Gasteiger partial charge >= 0.3 is 6.18 Å². The van der Waals surface area contributed by atoms with Gasteiger partial charge in [-0.05, 0) is 71.5 Å². The molecule has 10 heteroatoms. The Balaban J connectivity index is 1.37. The van der Waals surface area contributed by atoms with Crippen LogP contribution in [0.1, 0.15) is 51.8 Å². The fraction of sp³-hybridized carbons (Fsp3) is 0.206. The first kappa shape index (κ1) is 29.0. The average Bonchev–Trinajstić information content (AvgIpc) is 3.74. The molecule has 1 atom stereocenters. The molecular formula is C34H27F3N4O3. The van der Waals surface area contributed by atoms with Gasteiger partial charge in [0, 0.05) is 17.3 Å². The van der Waals surface area contributed by atoms with Crippen molar-refractivity contribution in [3.63, 3.8) is 0 Å². The quantitative estimate of drug-likeness (QED) is 0.188. The van der Waals surface area contributed by atoms with E-state index in [1.165, 1.54) is 24.3 Å². The Morgan fingerprint density at radius 1 is 1.05 bits per heavy atom. The third-order valence-electron chi connectivity index (χ3n) is 7.51. The molecule has 1 unspecified atom stereocenters. The number of amides is 1. The van der Waals surface area contributed by atoms with Crippen molar-refractivity contribution in [3.8, 4) is 17.5 Å². The molecule has 1 aromatic heterocycles. The molecule has 5 aromatic rings. The maximum atomic E-state index is 13.7. The molecule has 222 valence electrons. The Bertz CT molecular complexity index is 1890. The number of nitrogens with one attached hydrogen (secondary N) is 1. The highest BCUT2D eigenvalue weighted by molar-refractivity contribution is 6.03. The summed E-state index contributed by atoms with van der Waals surface area (Å²) in [6.45, 7) is 0.550. The van der Waals surface area contributed by atoms with Crippen LogP contribution in [0.15, 0.2) is 91.0 Å². The largest absolute Gasteiger partial charge is 0.496 e. The van der Waals surface area contributed by atoms with Gasteiger partial charge in [0.25, 0.3) is 5.91 Å². The molecule has 0 radical (unpaired) electrons. The molecule has 1 saturated carbocycles. The number of hydrogen-bond acceptors (Lipinski definition) is 5. The number of nitrogens with zero attached hydrogens (tertiary/aromatic N) is 3. The van der Waals surface area contributed by atoms with Gasteiger partial charge in [-0.25, -0.2) is 4.68 Å². The van der Waals surface area contributed by atoms with E-state index in [1.54, 1.807) is 25.3 Å². The Morgan fingerprint density at radius 2 is 1.84 bits per heavy atom. The number of hydrogen-bond donors (Lipinski definition) is 1. The zero-order valence-electron chi connectivity index (χ0n) is 23.6. The minimum absolute atomic E-state index is 0.148. The van der Waals surface area contributed by atoms with E-state index in [4.69, 9.17) is 9.47 Å². The fourth-order valence-electron chi connectivity index (χ4n) is 5.15. The lowest BCUT2D eigenvalue weighted by molar-refractivity contribution is -0.141. The van der Waals surface area contributed by atoms with E-state index in [1.807, 2.05) is 48.5 Å². The summed E-state index contributed by atoms with van der Waals surface area (Å²) in [7, 11) is 1.60. The predicted molar refractivity (Wildman–Crippen MR) is 159 cm³/mol. The number of ether oxygens (including phenoxy) is 2. The molecule has 7 nitrogen and oxygen atoms in total. The summed E-state index contributed by atoms with van der Waals surface area (Å²) in [6, 6.07) is 27.4. The minimum Gasteiger partial charge on any atom is -0.496 e. The standard InChI is InChI=1S/C34H27F3N4O3/c1-43-29-15-14-23-7-2-3-11-27(23)31(29)32(44-20-21-12-13-21)24-8-5-9-25(17-24)39-33(42)28-18-30(34(35,36)37)40-41(28)26-10-4-6-22(16-26)19-38/h2-11,14-18,21,32H,12-13,20H2,1H3,(H,39,42). The number of rotatable bonds is 9. The van der Waals surface area contributed by atoms with Gasteiger partial charge in [-0.1, -0.05) is 48.5 Å². The molecule has 4 aromatic carbocycles. The van der Waals surface area contributed by atoms with E-state index in [-0.39, 0.29) is 16.9 Å². The number of anilines is 1. The zero-order chi connectivity index (χ0) is 30.8. The average molecular weight is 597 g/mol. The molecule has 1 fully saturated rings. The van der Waals surface area contributed by atoms with Crippen molar-refractivity contribution in [2.24, 2.45) is 5.92 Å². The normalized spacial score (nSPS) is 13.8. The van der Waals surface area contributed by atoms with Crippen molar-refractivity contribution >= 4 is 22.4 Å². The van der Waals surface area contributed by atoms with Gasteiger partial charge < -0.3 is 14.8 Å². The van der Waals surface area contributed by atoms with Crippen LogP contribution in [-0.4, -0.2) is 29.4 Å². The van der Waals surface area contributed by atoms with Crippen LogP contribution in [0.5, 0.6) is 5.75 Å². The van der Waals surface area contributed by atoms with E-state index >= 15 is 0 Å². The first-order valence-corrected chi connectivity index (χ1v) is 14.0. The van der Waals surface area contributed by atoms with E-state index in [0.29, 0.717) is 30.0 Å². The lowest BCUT2D eigenvalue weighted by Gasteiger charge is -2.23. The number of fused-ring (bicyclic) bond motifs is 1. The summed E-state index contributed by atoms with van der Waals surface area (Å²) in [5, 5.41) is 17.6. The van der Waals surface area contributed by atoms with Crippen molar-refractivity contribution in [2.45, 2.75) is 25.1 Å². The summed E-state index contributed by atoms with van der Waals surface area (Å²) >= 11 is 0. The Hall–Kier alpha value is -5.14. The Kier molecular flexibility index (Phi) is 7.80. The highest BCUT2D eigenvalue weighted by Crippen LogP contribution is 2.41. The molecule has 0 saturated heterocycles. The summed E-state index contributed by atoms with van der Waals surface area (Å²) < 4.78 is 54.1. The second-order valence-electron chi connectivity index (χ2n) is 10.6. The molecule has 1 amide bonds. The number of nitriles is 1. The van der Waals surface area contributed by atoms with E-state index in [9.17, 15) is 23.2 Å². The topological polar surface area (TPSA) is 89.2 Å². The third-order valence-corrected chi connectivity index (χ3v) is 7.51. The van der Waals surface area contributed by atoms with Gasteiger partial charge in [-0.15, -0.1) is 0 Å². The first-order chi connectivity index (χ1) is 21.2. The highest BCUT2D eigenvalue weighted by atomic mass is 19.4. The lowest BCUT2D eigenvalue weighted by Crippen LogP contribution is -2.17. The van der Waals surface area contributed by atoms with Crippen molar-refractivity contribution in [3.05, 3.63) is 119 Å². The number of benzene rings is 4. The van der Waals surface area contributed by atoms with Crippen LogP contribution < -0.4 is 10.1 Å². The summed E-state index contributed by atoms with van der Waals surface area (Å²) in [4.78, 5) is 13.5. The molecule has 44 heavy (non-hydrogen) atoms. The van der Waals surface area contributed by atoms with E-state index in [2.05, 4.69) is 10.4 Å². The molecule has 0 spiro atoms. The molecule has 0 aliphatic heterocycles. The van der Waals surface area contributed by atoms with Gasteiger partial charge in [0.15, 0.2) is 5.69 Å². The van der Waals surface area contributed by atoms with Gasteiger partial charge in [0.1, 0.15) is 17.5 Å². The number of aromatic nitrogens is 2. The molecular weight excluding hydrogens is 569 g/mol. The summed E-state index contributed by atoms with van der Waals surface area (Å²) in [5.74, 6) is 0.330. The van der Waals surface area contributed by atoms with Crippen LogP contribution in [0.3, 0.4) is 0 Å². The fourth-order valence-corrected chi connectivity index (χ4v) is 5.15. The van der Waals surface area contributed by atoms with Crippen molar-refractivity contribution in [1.29, 1.82) is 5.26 Å². The van der Waals surface area contributed by atoms with Crippen LogP contribution in [0.4, 0.5) is 18.9 Å². The van der Waals surface area contributed by atoms with Crippen LogP contribution >= 0.6 is 0 Å². The Morgan fingerprint density at radius 3 is 2.59 bits per heavy atom. The van der Waals surface area contributed by atoms with Gasteiger partial charge in [-0.2, -0.15) is 23.5 Å². The lowest BCUT2D eigenvalue weighted by atomic mass is 9.94. The molecule has 0 bridgehead atoms. The van der Waals surface area contributed by atoms with Gasteiger partial charge in [0.05, 0.1) is 31.0 Å². The highest BCUT2D eigenvalue weighted by Gasteiger charge is 2.36. The van der Waals surface area contributed by atoms with E-state index < -0.39 is 23.9 Å². The second kappa shape index (κ2) is 11.9. The SMILES string of the molecule is COc1ccc2ccccc2c1C(OCC1CC1)c1cccc(NC(=O)c2cc(C(F)(F)F)nn2-c2cccc(C#N)c2)c1. The molecule has 1 N–H and O–H groups in total. The number of carbonyl (C=O) groups is 1. The van der Waals surface area contributed by atoms with Crippen LogP contribution in [0, 0.1) is 17.2 Å². The molecule has 6 rings (SSSR count). The smallest absolute Gasteiger partial charge is 0.435 e. The molecule has 1 heterocycles. The van der Waals surface area contributed by atoms with Crippen molar-refractivity contribution in [2.75, 3.05) is 19.0 Å². The number of alkyl halides is 3. The zero-order valence-corrected chi connectivity index (χ0v) is 23.6. The maximum absolute atomic E-state index is 13.7. The number of halogens is 3. The maximum Gasteiger partial charge on any atom is 0.435 e. The Labute approximate surface area is 251 Å². The van der Waals surface area contributed by atoms with Crippen LogP contribution in [-0.2, 0) is 10.9 Å². The van der Waals surface area contributed by atoms with Crippen LogP contribution in [0.2, 0.25) is 0 Å². The predicted octanol–water partition coefficient (Wildman–Crippen LogP) is 7.69. The first-order valence-electron chi connectivity index (χ1n) is 14.0. The van der Waals surface area contributed by atoms with E-state index in [0.717, 1.165) is 39.4 Å². The summed E-state index contributed by atoms with van der Waals surface area (Å²) in [6.07, 6.45) is -3.12. The summed E-state index contributed by atoms with van der Waals surface area (Å²) in [5.41, 5.74) is 0.746. The van der Waals surface area contributed by atoms with Crippen molar-refractivity contribution in [1.82, 2.24) is 9.78 Å². The second-order valence-corrected chi connectivity index (χ2v) is 10.6. The minimum atomic E-state index is -4.78. The van der Waals surface area contributed by atoms with Crippen molar-refractivity contribution < 1.29 is 27.4 Å². The molecule has 1 aliphatic carbocycles. The monoisotopic (exact) mass is 596 g/mol.